The number of aliphatic hydroxyl groups excluding tert-OH is 1. The van der Waals surface area contributed by atoms with E-state index in [1.165, 1.54) is 11.3 Å². The molecular weight excluding hydrogens is 632 g/mol. The topological polar surface area (TPSA) is 142 Å². The molecule has 244 valence electrons. The molecule has 11 nitrogen and oxygen atoms in total. The van der Waals surface area contributed by atoms with Crippen LogP contribution in [-0.4, -0.2) is 43.0 Å². The predicted octanol–water partition coefficient (Wildman–Crippen LogP) is 6.75. The molecule has 0 atom stereocenters. The molecule has 3 heterocycles. The number of aliphatic hydroxyl groups is 1. The first-order valence-corrected chi connectivity index (χ1v) is 15.8. The van der Waals surface area contributed by atoms with Crippen LogP contribution in [0, 0.1) is 6.92 Å². The summed E-state index contributed by atoms with van der Waals surface area (Å²) < 4.78 is 25.6. The number of rotatable bonds is 14. The molecule has 0 radical (unpaired) electrons. The fourth-order valence-corrected chi connectivity index (χ4v) is 5.43. The summed E-state index contributed by atoms with van der Waals surface area (Å²) in [6.45, 7) is 2.10. The van der Waals surface area contributed by atoms with Crippen molar-refractivity contribution >= 4 is 29.5 Å². The number of ether oxygens (including phenoxy) is 3. The zero-order chi connectivity index (χ0) is 33.5. The van der Waals surface area contributed by atoms with E-state index in [9.17, 15) is 9.90 Å². The Bertz CT molecular complexity index is 2030. The van der Waals surface area contributed by atoms with Crippen molar-refractivity contribution in [1.82, 2.24) is 19.7 Å². The number of para-hydroxylation sites is 1. The largest absolute Gasteiger partial charge is 0.493 e. The number of methoxy groups -OCH3 is 1. The van der Waals surface area contributed by atoms with Crippen LogP contribution in [0.2, 0.25) is 0 Å². The van der Waals surface area contributed by atoms with Crippen LogP contribution in [0.25, 0.3) is 29.3 Å². The molecule has 0 unspecified atom stereocenters. The average Bonchev–Trinajstić information content (AvgIpc) is 3.84. The summed E-state index contributed by atoms with van der Waals surface area (Å²) in [5, 5.41) is 25.6. The lowest BCUT2D eigenvalue weighted by Crippen LogP contribution is -2.02. The van der Waals surface area contributed by atoms with Gasteiger partial charge in [-0.25, -0.2) is 14.6 Å². The van der Waals surface area contributed by atoms with Crippen molar-refractivity contribution in [2.75, 3.05) is 7.11 Å². The van der Waals surface area contributed by atoms with Crippen LogP contribution in [0.15, 0.2) is 88.8 Å². The number of oxazole rings is 1. The van der Waals surface area contributed by atoms with Gasteiger partial charge in [0.2, 0.25) is 11.8 Å². The van der Waals surface area contributed by atoms with Crippen molar-refractivity contribution < 1.29 is 33.6 Å². The number of carboxylic acid groups (broad SMARTS) is 1. The highest BCUT2D eigenvalue weighted by Crippen LogP contribution is 2.31. The number of aromatic nitrogens is 4. The molecule has 0 saturated heterocycles. The molecule has 12 heteroatoms. The minimum atomic E-state index is -0.885. The summed E-state index contributed by atoms with van der Waals surface area (Å²) in [5.74, 6) is 1.67. The molecule has 0 aliphatic heterocycles. The first-order valence-electron chi connectivity index (χ1n) is 15.0. The van der Waals surface area contributed by atoms with Gasteiger partial charge in [-0.05, 0) is 66.6 Å². The van der Waals surface area contributed by atoms with Gasteiger partial charge in [0.05, 0.1) is 37.1 Å². The van der Waals surface area contributed by atoms with Gasteiger partial charge in [-0.3, -0.25) is 4.79 Å². The van der Waals surface area contributed by atoms with E-state index in [2.05, 4.69) is 9.97 Å². The number of hydrogen-bond acceptors (Lipinski definition) is 10. The molecule has 0 saturated carbocycles. The predicted molar refractivity (Wildman–Crippen MR) is 180 cm³/mol. The Hall–Kier alpha value is -5.72. The summed E-state index contributed by atoms with van der Waals surface area (Å²) in [6, 6.07) is 22.4. The van der Waals surface area contributed by atoms with Gasteiger partial charge >= 0.3 is 5.97 Å². The molecule has 3 aromatic carbocycles. The van der Waals surface area contributed by atoms with Crippen LogP contribution in [0.1, 0.15) is 38.8 Å². The first-order chi connectivity index (χ1) is 23.4. The number of nitrogens with zero attached hydrogens (tertiary/aromatic N) is 4. The Morgan fingerprint density at radius 2 is 1.75 bits per heavy atom. The molecule has 3 aromatic heterocycles. The van der Waals surface area contributed by atoms with E-state index in [-0.39, 0.29) is 26.2 Å². The second-order valence-electron chi connectivity index (χ2n) is 10.7. The zero-order valence-electron chi connectivity index (χ0n) is 26.2. The maximum Gasteiger partial charge on any atom is 0.307 e. The van der Waals surface area contributed by atoms with Crippen molar-refractivity contribution in [2.45, 2.75) is 33.2 Å². The third kappa shape index (κ3) is 7.80. The Morgan fingerprint density at radius 1 is 0.958 bits per heavy atom. The number of carbonyl (C=O) groups is 1. The van der Waals surface area contributed by atoms with Gasteiger partial charge in [0.1, 0.15) is 29.7 Å². The van der Waals surface area contributed by atoms with Crippen molar-refractivity contribution in [3.05, 3.63) is 123 Å². The van der Waals surface area contributed by atoms with Crippen LogP contribution >= 0.6 is 11.3 Å². The number of aryl methyl sites for hydroxylation is 1. The van der Waals surface area contributed by atoms with Gasteiger partial charge in [0.15, 0.2) is 11.5 Å². The minimum Gasteiger partial charge on any atom is -0.493 e. The number of thiazole rings is 1. The van der Waals surface area contributed by atoms with E-state index in [1.54, 1.807) is 36.1 Å². The highest BCUT2D eigenvalue weighted by atomic mass is 32.1. The Balaban J connectivity index is 1.14. The molecule has 2 N–H and O–H groups in total. The van der Waals surface area contributed by atoms with Crippen LogP contribution in [0.3, 0.4) is 0 Å². The van der Waals surface area contributed by atoms with Gasteiger partial charge in [-0.1, -0.05) is 36.4 Å². The zero-order valence-corrected chi connectivity index (χ0v) is 27.0. The Morgan fingerprint density at radius 3 is 2.48 bits per heavy atom. The van der Waals surface area contributed by atoms with E-state index in [4.69, 9.17) is 28.8 Å². The summed E-state index contributed by atoms with van der Waals surface area (Å²) in [7, 11) is 1.57. The molecular formula is C36H32N4O7S. The molecule has 6 aromatic rings. The minimum absolute atomic E-state index is 0.0466. The van der Waals surface area contributed by atoms with Gasteiger partial charge in [0.25, 0.3) is 0 Å². The normalized spacial score (nSPS) is 11.2. The SMILES string of the molecule is COc1cc(COc2nn(-c3ccccc3)cc2/C=C/c2csc(CO)n2)ccc1OCc1nc(-c2ccc(CC(=O)O)cc2)oc1C. The molecule has 0 bridgehead atoms. The summed E-state index contributed by atoms with van der Waals surface area (Å²) >= 11 is 1.40. The Kier molecular flexibility index (Phi) is 9.93. The van der Waals surface area contributed by atoms with Gasteiger partial charge < -0.3 is 28.8 Å². The van der Waals surface area contributed by atoms with E-state index in [1.807, 2.05) is 79.2 Å². The maximum absolute atomic E-state index is 11.0. The van der Waals surface area contributed by atoms with E-state index in [0.29, 0.717) is 45.3 Å². The lowest BCUT2D eigenvalue weighted by molar-refractivity contribution is -0.136. The van der Waals surface area contributed by atoms with Gasteiger partial charge in [0, 0.05) is 17.1 Å². The highest BCUT2D eigenvalue weighted by molar-refractivity contribution is 7.09. The Labute approximate surface area is 280 Å². The molecule has 0 aliphatic rings. The van der Waals surface area contributed by atoms with Crippen molar-refractivity contribution in [3.63, 3.8) is 0 Å². The van der Waals surface area contributed by atoms with Crippen molar-refractivity contribution in [3.8, 4) is 34.5 Å². The summed E-state index contributed by atoms with van der Waals surface area (Å²) in [6.07, 6.45) is 5.60. The molecule has 6 rings (SSSR count). The lowest BCUT2D eigenvalue weighted by Gasteiger charge is -2.12. The van der Waals surface area contributed by atoms with Crippen molar-refractivity contribution in [2.24, 2.45) is 0 Å². The molecule has 0 fully saturated rings. The quantitative estimate of drug-likeness (QED) is 0.128. The standard InChI is InChI=1S/C36H32N4O7S/c1-23-30(38-35(47-23)26-11-8-24(9-12-26)17-34(42)43)21-45-31-15-10-25(16-32(31)44-2)20-46-36-27(13-14-28-22-48-33(19-41)37-28)18-40(39-36)29-6-4-3-5-7-29/h3-16,18,22,41H,17,19-21H2,1-2H3,(H,42,43)/b14-13+. The third-order valence-electron chi connectivity index (χ3n) is 7.28. The molecule has 0 amide bonds. The third-order valence-corrected chi connectivity index (χ3v) is 8.13. The summed E-state index contributed by atoms with van der Waals surface area (Å²) in [5.41, 5.74) is 5.32. The fraction of sp³-hybridized carbons (Fsp3) is 0.167. The van der Waals surface area contributed by atoms with Crippen LogP contribution in [-0.2, 0) is 31.0 Å². The second kappa shape index (κ2) is 14.8. The lowest BCUT2D eigenvalue weighted by atomic mass is 10.1. The van der Waals surface area contributed by atoms with Crippen molar-refractivity contribution in [1.29, 1.82) is 0 Å². The van der Waals surface area contributed by atoms with Crippen LogP contribution < -0.4 is 14.2 Å². The van der Waals surface area contributed by atoms with E-state index < -0.39 is 5.97 Å². The van der Waals surface area contributed by atoms with E-state index in [0.717, 1.165) is 28.1 Å². The average molecular weight is 665 g/mol. The smallest absolute Gasteiger partial charge is 0.307 e. The van der Waals surface area contributed by atoms with Crippen LogP contribution in [0.4, 0.5) is 0 Å². The van der Waals surface area contributed by atoms with Gasteiger partial charge in [-0.15, -0.1) is 16.4 Å². The second-order valence-corrected chi connectivity index (χ2v) is 11.6. The number of aliphatic carboxylic acids is 1. The van der Waals surface area contributed by atoms with Gasteiger partial charge in [-0.2, -0.15) is 0 Å². The van der Waals surface area contributed by atoms with E-state index >= 15 is 0 Å². The summed E-state index contributed by atoms with van der Waals surface area (Å²) in [4.78, 5) is 20.0. The number of benzene rings is 3. The monoisotopic (exact) mass is 664 g/mol. The highest BCUT2D eigenvalue weighted by Gasteiger charge is 2.15. The fourth-order valence-electron chi connectivity index (χ4n) is 4.80. The number of carboxylic acids is 1. The number of hydrogen-bond donors (Lipinski definition) is 2. The molecule has 48 heavy (non-hydrogen) atoms. The molecule has 0 spiro atoms. The first kappa shape index (κ1) is 32.2. The molecule has 0 aliphatic carbocycles. The van der Waals surface area contributed by atoms with Crippen LogP contribution in [0.5, 0.6) is 17.4 Å². The maximum atomic E-state index is 11.0.